The van der Waals surface area contributed by atoms with Crippen LogP contribution in [0.5, 0.6) is 0 Å². The number of furan rings is 1. The Morgan fingerprint density at radius 2 is 2.07 bits per heavy atom. The average molecular weight is 207 g/mol. The van der Waals surface area contributed by atoms with Crippen molar-refractivity contribution in [3.05, 3.63) is 29.7 Å². The molecule has 1 N–H and O–H groups in total. The first-order valence-corrected chi connectivity index (χ1v) is 4.65. The summed E-state index contributed by atoms with van der Waals surface area (Å²) in [5.74, 6) is 0.545. The van der Waals surface area contributed by atoms with Crippen molar-refractivity contribution in [3.63, 3.8) is 0 Å². The van der Waals surface area contributed by atoms with Gasteiger partial charge in [0.15, 0.2) is 12.0 Å². The van der Waals surface area contributed by atoms with Crippen LogP contribution in [0.4, 0.5) is 0 Å². The van der Waals surface area contributed by atoms with E-state index in [2.05, 4.69) is 5.32 Å². The molecule has 0 unspecified atom stereocenters. The summed E-state index contributed by atoms with van der Waals surface area (Å²) in [4.78, 5) is 21.5. The molecule has 1 heterocycles. The van der Waals surface area contributed by atoms with Crippen LogP contribution in [0.25, 0.3) is 6.08 Å². The van der Waals surface area contributed by atoms with Crippen LogP contribution in [0.2, 0.25) is 0 Å². The maximum atomic E-state index is 11.2. The fraction of sp³-hybridized carbons (Fsp3) is 0.273. The molecule has 15 heavy (non-hydrogen) atoms. The molecule has 0 aliphatic rings. The normalized spacial score (nSPS) is 10.9. The third-order valence-corrected chi connectivity index (χ3v) is 1.59. The van der Waals surface area contributed by atoms with Gasteiger partial charge in [0.05, 0.1) is 0 Å². The van der Waals surface area contributed by atoms with Crippen LogP contribution in [0, 0.1) is 0 Å². The molecule has 1 aromatic rings. The van der Waals surface area contributed by atoms with Crippen LogP contribution >= 0.6 is 0 Å². The van der Waals surface area contributed by atoms with Crippen LogP contribution in [0.1, 0.15) is 30.2 Å². The Morgan fingerprint density at radius 3 is 2.60 bits per heavy atom. The highest BCUT2D eigenvalue weighted by molar-refractivity contribution is 5.91. The van der Waals surface area contributed by atoms with Gasteiger partial charge in [0.1, 0.15) is 5.76 Å². The van der Waals surface area contributed by atoms with Gasteiger partial charge in [-0.1, -0.05) is 0 Å². The zero-order valence-electron chi connectivity index (χ0n) is 8.69. The molecule has 4 heteroatoms. The van der Waals surface area contributed by atoms with Gasteiger partial charge in [-0.2, -0.15) is 0 Å². The van der Waals surface area contributed by atoms with Crippen molar-refractivity contribution in [2.75, 3.05) is 0 Å². The summed E-state index contributed by atoms with van der Waals surface area (Å²) in [5, 5.41) is 2.70. The number of hydrogen-bond donors (Lipinski definition) is 1. The Bertz CT molecular complexity index is 377. The Hall–Kier alpha value is -1.84. The van der Waals surface area contributed by atoms with Gasteiger partial charge in [-0.25, -0.2) is 0 Å². The molecule has 4 nitrogen and oxygen atoms in total. The first kappa shape index (κ1) is 11.2. The van der Waals surface area contributed by atoms with Crippen molar-refractivity contribution in [2.24, 2.45) is 0 Å². The minimum Gasteiger partial charge on any atom is -0.454 e. The quantitative estimate of drug-likeness (QED) is 0.603. The molecule has 0 bridgehead atoms. The Balaban J connectivity index is 2.57. The number of amides is 1. The number of rotatable bonds is 4. The topological polar surface area (TPSA) is 59.3 Å². The molecule has 0 radical (unpaired) electrons. The third-order valence-electron chi connectivity index (χ3n) is 1.59. The maximum absolute atomic E-state index is 11.2. The zero-order valence-corrected chi connectivity index (χ0v) is 8.69. The number of carbonyl (C=O) groups is 2. The number of nitrogens with one attached hydrogen (secondary N) is 1. The van der Waals surface area contributed by atoms with E-state index in [1.54, 1.807) is 12.1 Å². The monoisotopic (exact) mass is 207 g/mol. The lowest BCUT2D eigenvalue weighted by Crippen LogP contribution is -2.28. The molecule has 1 rings (SSSR count). The number of aldehydes is 1. The first-order valence-electron chi connectivity index (χ1n) is 4.65. The summed E-state index contributed by atoms with van der Waals surface area (Å²) in [7, 11) is 0. The van der Waals surface area contributed by atoms with Gasteiger partial charge < -0.3 is 9.73 Å². The largest absolute Gasteiger partial charge is 0.454 e. The van der Waals surface area contributed by atoms with Crippen molar-refractivity contribution in [1.82, 2.24) is 5.32 Å². The predicted molar refractivity (Wildman–Crippen MR) is 56.4 cm³/mol. The molecular weight excluding hydrogens is 194 g/mol. The Kier molecular flexibility index (Phi) is 3.85. The summed E-state index contributed by atoms with van der Waals surface area (Å²) < 4.78 is 5.05. The van der Waals surface area contributed by atoms with E-state index < -0.39 is 0 Å². The highest BCUT2D eigenvalue weighted by Crippen LogP contribution is 2.07. The molecule has 0 saturated heterocycles. The van der Waals surface area contributed by atoms with Crippen molar-refractivity contribution < 1.29 is 14.0 Å². The molecule has 0 fully saturated rings. The molecule has 1 aromatic heterocycles. The van der Waals surface area contributed by atoms with Gasteiger partial charge in [-0.3, -0.25) is 9.59 Å². The standard InChI is InChI=1S/C11H13NO3/c1-8(2)12-11(14)6-5-9-3-4-10(7-13)15-9/h3-8H,1-2H3,(H,12,14). The predicted octanol–water partition coefficient (Wildman–Crippen LogP) is 1.63. The van der Waals surface area contributed by atoms with Crippen LogP contribution in [-0.4, -0.2) is 18.2 Å². The molecule has 0 aliphatic heterocycles. The van der Waals surface area contributed by atoms with E-state index in [0.717, 1.165) is 0 Å². The summed E-state index contributed by atoms with van der Waals surface area (Å²) >= 11 is 0. The molecule has 80 valence electrons. The van der Waals surface area contributed by atoms with Gasteiger partial charge in [0.2, 0.25) is 5.91 Å². The molecule has 0 aromatic carbocycles. The van der Waals surface area contributed by atoms with E-state index in [0.29, 0.717) is 12.0 Å². The zero-order chi connectivity index (χ0) is 11.3. The van der Waals surface area contributed by atoms with Gasteiger partial charge in [0.25, 0.3) is 0 Å². The average Bonchev–Trinajstić information content (AvgIpc) is 2.61. The van der Waals surface area contributed by atoms with Crippen molar-refractivity contribution >= 4 is 18.3 Å². The van der Waals surface area contributed by atoms with E-state index in [-0.39, 0.29) is 17.7 Å². The summed E-state index contributed by atoms with van der Waals surface area (Å²) in [5.41, 5.74) is 0. The lowest BCUT2D eigenvalue weighted by molar-refractivity contribution is -0.116. The smallest absolute Gasteiger partial charge is 0.244 e. The number of hydrogen-bond acceptors (Lipinski definition) is 3. The SMILES string of the molecule is CC(C)NC(=O)C=Cc1ccc(C=O)o1. The second-order valence-corrected chi connectivity index (χ2v) is 3.35. The first-order chi connectivity index (χ1) is 7.11. The maximum Gasteiger partial charge on any atom is 0.244 e. The van der Waals surface area contributed by atoms with Crippen molar-refractivity contribution in [1.29, 1.82) is 0 Å². The van der Waals surface area contributed by atoms with Gasteiger partial charge in [-0.05, 0) is 32.1 Å². The Morgan fingerprint density at radius 1 is 1.40 bits per heavy atom. The highest BCUT2D eigenvalue weighted by Gasteiger charge is 1.99. The van der Waals surface area contributed by atoms with E-state index in [9.17, 15) is 9.59 Å². The van der Waals surface area contributed by atoms with E-state index in [1.807, 2.05) is 13.8 Å². The van der Waals surface area contributed by atoms with E-state index >= 15 is 0 Å². The van der Waals surface area contributed by atoms with Gasteiger partial charge in [0, 0.05) is 12.1 Å². The highest BCUT2D eigenvalue weighted by atomic mass is 16.3. The molecular formula is C11H13NO3. The molecule has 0 atom stereocenters. The number of carbonyl (C=O) groups excluding carboxylic acids is 2. The summed E-state index contributed by atoms with van der Waals surface area (Å²) in [6.07, 6.45) is 3.50. The summed E-state index contributed by atoms with van der Waals surface area (Å²) in [6, 6.07) is 3.28. The fourth-order valence-electron chi connectivity index (χ4n) is 1.01. The van der Waals surface area contributed by atoms with Crippen LogP contribution in [0.15, 0.2) is 22.6 Å². The van der Waals surface area contributed by atoms with Gasteiger partial charge >= 0.3 is 0 Å². The van der Waals surface area contributed by atoms with E-state index in [1.165, 1.54) is 12.2 Å². The lowest BCUT2D eigenvalue weighted by atomic mass is 10.3. The fourth-order valence-corrected chi connectivity index (χ4v) is 1.01. The lowest BCUT2D eigenvalue weighted by Gasteiger charge is -2.03. The molecule has 1 amide bonds. The minimum absolute atomic E-state index is 0.101. The molecule has 0 aliphatic carbocycles. The van der Waals surface area contributed by atoms with Crippen LogP contribution in [0.3, 0.4) is 0 Å². The summed E-state index contributed by atoms with van der Waals surface area (Å²) in [6.45, 7) is 3.76. The van der Waals surface area contributed by atoms with Crippen LogP contribution in [-0.2, 0) is 4.79 Å². The van der Waals surface area contributed by atoms with E-state index in [4.69, 9.17) is 4.42 Å². The third kappa shape index (κ3) is 3.81. The second-order valence-electron chi connectivity index (χ2n) is 3.35. The van der Waals surface area contributed by atoms with Crippen LogP contribution < -0.4 is 5.32 Å². The second kappa shape index (κ2) is 5.14. The van der Waals surface area contributed by atoms with Gasteiger partial charge in [-0.15, -0.1) is 0 Å². The molecule has 0 spiro atoms. The van der Waals surface area contributed by atoms with Crippen molar-refractivity contribution in [2.45, 2.75) is 19.9 Å². The molecule has 0 saturated carbocycles. The minimum atomic E-state index is -0.186. The Labute approximate surface area is 88.0 Å². The van der Waals surface area contributed by atoms with Crippen molar-refractivity contribution in [3.8, 4) is 0 Å².